The van der Waals surface area contributed by atoms with Crippen molar-refractivity contribution in [1.29, 1.82) is 0 Å². The first-order valence-corrected chi connectivity index (χ1v) is 7.09. The van der Waals surface area contributed by atoms with Gasteiger partial charge in [0.05, 0.1) is 0 Å². The number of likely N-dealkylation sites (N-methyl/N-ethyl adjacent to an activating group) is 1. The normalized spacial score (nSPS) is 19.1. The molecule has 4 heteroatoms. The van der Waals surface area contributed by atoms with Crippen LogP contribution in [0.5, 0.6) is 0 Å². The van der Waals surface area contributed by atoms with Crippen LogP contribution in [-0.2, 0) is 0 Å². The number of hydrogen-bond acceptors (Lipinski definition) is 4. The zero-order valence-corrected chi connectivity index (χ0v) is 11.6. The third-order valence-corrected chi connectivity index (χ3v) is 4.02. The van der Waals surface area contributed by atoms with Crippen LogP contribution in [0, 0.1) is 0 Å². The molecule has 0 atom stereocenters. The molecule has 1 aliphatic heterocycles. The van der Waals surface area contributed by atoms with Crippen molar-refractivity contribution < 1.29 is 9.59 Å². The summed E-state index contributed by atoms with van der Waals surface area (Å²) in [7, 11) is 1.71. The van der Waals surface area contributed by atoms with Gasteiger partial charge in [-0.3, -0.25) is 9.59 Å². The van der Waals surface area contributed by atoms with Crippen LogP contribution in [0.4, 0.5) is 0 Å². The summed E-state index contributed by atoms with van der Waals surface area (Å²) in [6.07, 6.45) is 3.34. The molecule has 0 aromatic heterocycles. The zero-order chi connectivity index (χ0) is 14.1. The average Bonchev–Trinajstić information content (AvgIpc) is 2.51. The molecule has 0 saturated carbocycles. The van der Waals surface area contributed by atoms with Gasteiger partial charge in [-0.1, -0.05) is 24.3 Å². The second-order valence-corrected chi connectivity index (χ2v) is 5.23. The molecule has 1 N–H and O–H groups in total. The number of rotatable bonds is 2. The quantitative estimate of drug-likeness (QED) is 0.893. The Hall–Kier alpha value is -2.10. The second-order valence-electron chi connectivity index (χ2n) is 5.23. The van der Waals surface area contributed by atoms with Gasteiger partial charge in [0, 0.05) is 31.3 Å². The molecule has 0 bridgehead atoms. The topological polar surface area (TPSA) is 49.4 Å². The molecule has 104 valence electrons. The molecule has 0 spiro atoms. The van der Waals surface area contributed by atoms with Crippen LogP contribution in [0.1, 0.15) is 40.0 Å². The largest absolute Gasteiger partial charge is 0.383 e. The highest BCUT2D eigenvalue weighted by molar-refractivity contribution is 6.26. The number of Topliss-reactive ketones (excluding diaryl/α,β-unsaturated/α-hetero) is 2. The number of fused-ring (bicyclic) bond motifs is 1. The number of nitrogens with zero attached hydrogens (tertiary/aromatic N) is 1. The van der Waals surface area contributed by atoms with Crippen molar-refractivity contribution in [2.75, 3.05) is 20.1 Å². The van der Waals surface area contributed by atoms with Gasteiger partial charge in [-0.25, -0.2) is 0 Å². The number of hydrogen-bond donors (Lipinski definition) is 1. The Morgan fingerprint density at radius 3 is 2.15 bits per heavy atom. The molecule has 2 aliphatic rings. The smallest absolute Gasteiger partial charge is 0.212 e. The molecule has 4 nitrogen and oxygen atoms in total. The maximum atomic E-state index is 12.7. The molecular weight excluding hydrogens is 252 g/mol. The highest BCUT2D eigenvalue weighted by Crippen LogP contribution is 2.28. The van der Waals surface area contributed by atoms with Crippen LogP contribution in [-0.4, -0.2) is 36.6 Å². The second kappa shape index (κ2) is 5.12. The summed E-state index contributed by atoms with van der Waals surface area (Å²) in [5.74, 6) is -0.116. The molecular formula is C16H18N2O2. The molecule has 1 aromatic carbocycles. The molecule has 0 unspecified atom stereocenters. The Labute approximate surface area is 118 Å². The van der Waals surface area contributed by atoms with Crippen molar-refractivity contribution in [1.82, 2.24) is 10.2 Å². The predicted octanol–water partition coefficient (Wildman–Crippen LogP) is 1.98. The first kappa shape index (κ1) is 12.9. The van der Waals surface area contributed by atoms with Crippen LogP contribution in [0.3, 0.4) is 0 Å². The van der Waals surface area contributed by atoms with Gasteiger partial charge < -0.3 is 10.2 Å². The Kier molecular flexibility index (Phi) is 3.30. The van der Waals surface area contributed by atoms with Gasteiger partial charge in [0.25, 0.3) is 0 Å². The van der Waals surface area contributed by atoms with Gasteiger partial charge in [-0.15, -0.1) is 0 Å². The maximum absolute atomic E-state index is 12.7. The first-order chi connectivity index (χ1) is 9.74. The highest BCUT2D eigenvalue weighted by Gasteiger charge is 2.34. The molecule has 1 saturated heterocycles. The Bertz CT molecular complexity index is 598. The van der Waals surface area contributed by atoms with Crippen LogP contribution in [0.15, 0.2) is 35.7 Å². The van der Waals surface area contributed by atoms with Gasteiger partial charge >= 0.3 is 0 Å². The van der Waals surface area contributed by atoms with E-state index in [1.807, 2.05) is 6.07 Å². The molecule has 0 radical (unpaired) electrons. The van der Waals surface area contributed by atoms with E-state index in [-0.39, 0.29) is 11.6 Å². The minimum atomic E-state index is -0.0803. The highest BCUT2D eigenvalue weighted by atomic mass is 16.1. The lowest BCUT2D eigenvalue weighted by molar-refractivity contribution is 0.0928. The van der Waals surface area contributed by atoms with Crippen LogP contribution >= 0.6 is 0 Å². The van der Waals surface area contributed by atoms with Crippen molar-refractivity contribution in [3.8, 4) is 0 Å². The van der Waals surface area contributed by atoms with Gasteiger partial charge in [0.2, 0.25) is 11.6 Å². The average molecular weight is 270 g/mol. The van der Waals surface area contributed by atoms with Gasteiger partial charge in [0.1, 0.15) is 11.4 Å². The lowest BCUT2D eigenvalue weighted by atomic mass is 9.89. The molecule has 1 fully saturated rings. The molecule has 1 aromatic rings. The van der Waals surface area contributed by atoms with E-state index in [9.17, 15) is 9.59 Å². The van der Waals surface area contributed by atoms with E-state index in [0.717, 1.165) is 25.9 Å². The lowest BCUT2D eigenvalue weighted by Crippen LogP contribution is -2.40. The molecule has 1 aliphatic carbocycles. The fourth-order valence-corrected chi connectivity index (χ4v) is 3.01. The van der Waals surface area contributed by atoms with E-state index in [4.69, 9.17) is 0 Å². The number of likely N-dealkylation sites (tertiary alicyclic amines) is 1. The monoisotopic (exact) mass is 270 g/mol. The summed E-state index contributed by atoms with van der Waals surface area (Å²) in [4.78, 5) is 27.3. The van der Waals surface area contributed by atoms with Crippen LogP contribution in [0.25, 0.3) is 0 Å². The van der Waals surface area contributed by atoms with Crippen LogP contribution in [0.2, 0.25) is 0 Å². The minimum Gasteiger partial charge on any atom is -0.383 e. The third-order valence-electron chi connectivity index (χ3n) is 4.02. The summed E-state index contributed by atoms with van der Waals surface area (Å²) in [5.41, 5.74) is 2.02. The number of benzene rings is 1. The van der Waals surface area contributed by atoms with Crippen molar-refractivity contribution in [3.63, 3.8) is 0 Å². The summed E-state index contributed by atoms with van der Waals surface area (Å²) in [5, 5.41) is 2.94. The summed E-state index contributed by atoms with van der Waals surface area (Å²) < 4.78 is 0. The molecule has 20 heavy (non-hydrogen) atoms. The summed E-state index contributed by atoms with van der Waals surface area (Å²) in [6.45, 7) is 1.70. The Morgan fingerprint density at radius 1 is 0.950 bits per heavy atom. The summed E-state index contributed by atoms with van der Waals surface area (Å²) >= 11 is 0. The number of carbonyl (C=O) groups is 2. The standard InChI is InChI=1S/C16H18N2O2/c1-17-13-14(18-9-5-2-6-10-18)16(20)12-8-4-3-7-11(12)15(13)19/h3-4,7-8,17H,2,5-6,9-10H2,1H3. The van der Waals surface area contributed by atoms with E-state index in [2.05, 4.69) is 10.2 Å². The van der Waals surface area contributed by atoms with E-state index in [0.29, 0.717) is 22.5 Å². The van der Waals surface area contributed by atoms with E-state index in [1.165, 1.54) is 6.42 Å². The number of nitrogens with one attached hydrogen (secondary N) is 1. The van der Waals surface area contributed by atoms with Crippen molar-refractivity contribution in [2.24, 2.45) is 0 Å². The van der Waals surface area contributed by atoms with E-state index >= 15 is 0 Å². The first-order valence-electron chi connectivity index (χ1n) is 7.09. The third kappa shape index (κ3) is 1.92. The van der Waals surface area contributed by atoms with Gasteiger partial charge in [-0.05, 0) is 19.3 Å². The minimum absolute atomic E-state index is 0.0357. The van der Waals surface area contributed by atoms with E-state index in [1.54, 1.807) is 25.2 Å². The Balaban J connectivity index is 2.10. The zero-order valence-electron chi connectivity index (χ0n) is 11.6. The lowest BCUT2D eigenvalue weighted by Gasteiger charge is -2.33. The fraction of sp³-hybridized carbons (Fsp3) is 0.375. The SMILES string of the molecule is CNC1=C(N2CCCCC2)C(=O)c2ccccc2C1=O. The fourth-order valence-electron chi connectivity index (χ4n) is 3.01. The number of allylic oxidation sites excluding steroid dienone is 2. The van der Waals surface area contributed by atoms with Crippen molar-refractivity contribution >= 4 is 11.6 Å². The number of piperidine rings is 1. The van der Waals surface area contributed by atoms with Crippen molar-refractivity contribution in [2.45, 2.75) is 19.3 Å². The van der Waals surface area contributed by atoms with Crippen molar-refractivity contribution in [3.05, 3.63) is 46.8 Å². The molecule has 0 amide bonds. The maximum Gasteiger partial charge on any atom is 0.212 e. The van der Waals surface area contributed by atoms with Crippen LogP contribution < -0.4 is 5.32 Å². The molecule has 3 rings (SSSR count). The van der Waals surface area contributed by atoms with Gasteiger partial charge in [-0.2, -0.15) is 0 Å². The summed E-state index contributed by atoms with van der Waals surface area (Å²) in [6, 6.07) is 7.07. The molecule has 1 heterocycles. The number of ketones is 2. The Morgan fingerprint density at radius 2 is 1.55 bits per heavy atom. The number of carbonyl (C=O) groups excluding carboxylic acids is 2. The van der Waals surface area contributed by atoms with E-state index < -0.39 is 0 Å². The van der Waals surface area contributed by atoms with Gasteiger partial charge in [0.15, 0.2) is 0 Å². The predicted molar refractivity (Wildman–Crippen MR) is 76.6 cm³/mol.